The Morgan fingerprint density at radius 1 is 1.47 bits per heavy atom. The molecule has 0 saturated carbocycles. The molecule has 0 fully saturated rings. The average molecular weight is 222 g/mol. The summed E-state index contributed by atoms with van der Waals surface area (Å²) >= 11 is 1.74. The van der Waals surface area contributed by atoms with Gasteiger partial charge in [-0.1, -0.05) is 0 Å². The van der Waals surface area contributed by atoms with Gasteiger partial charge >= 0.3 is 0 Å². The molecule has 2 aromatic rings. The molecule has 0 aliphatic rings. The fourth-order valence-electron chi connectivity index (χ4n) is 1.38. The van der Waals surface area contributed by atoms with Crippen molar-refractivity contribution in [3.05, 3.63) is 40.2 Å². The Morgan fingerprint density at radius 3 is 3.13 bits per heavy atom. The Bertz CT molecular complexity index is 394. The highest BCUT2D eigenvalue weighted by atomic mass is 32.1. The molecule has 0 atom stereocenters. The Hall–Kier alpha value is -1.13. The van der Waals surface area contributed by atoms with Gasteiger partial charge in [-0.05, 0) is 31.5 Å². The van der Waals surface area contributed by atoms with Crippen molar-refractivity contribution in [3.8, 4) is 0 Å². The predicted octanol–water partition coefficient (Wildman–Crippen LogP) is 2.22. The van der Waals surface area contributed by atoms with Crippen LogP contribution in [0.2, 0.25) is 0 Å². The number of aryl methyl sites for hydroxylation is 1. The zero-order valence-electron chi connectivity index (χ0n) is 8.48. The highest BCUT2D eigenvalue weighted by Crippen LogP contribution is 2.18. The molecule has 15 heavy (non-hydrogen) atoms. The smallest absolute Gasteiger partial charge is 0.110 e. The maximum atomic E-state index is 5.46. The predicted molar refractivity (Wildman–Crippen MR) is 61.0 cm³/mol. The molecule has 0 aliphatic heterocycles. The first-order valence-corrected chi connectivity index (χ1v) is 5.86. The number of aromatic nitrogens is 1. The zero-order valence-corrected chi connectivity index (χ0v) is 9.30. The van der Waals surface area contributed by atoms with Gasteiger partial charge in [0.2, 0.25) is 0 Å². The molecule has 0 unspecified atom stereocenters. The summed E-state index contributed by atoms with van der Waals surface area (Å²) in [6.45, 7) is 0.741. The van der Waals surface area contributed by atoms with Crippen LogP contribution in [0.4, 0.5) is 0 Å². The standard InChI is InChI=1S/C11H14N2OS/c12-5-1-4-10-8-13-11(15-10)7-9-3-2-6-14-9/h2-3,6,8H,1,4-5,7,12H2. The first kappa shape index (κ1) is 10.4. The molecule has 0 aromatic carbocycles. The number of furan rings is 1. The lowest BCUT2D eigenvalue weighted by Crippen LogP contribution is -1.99. The van der Waals surface area contributed by atoms with Gasteiger partial charge in [0.1, 0.15) is 10.8 Å². The van der Waals surface area contributed by atoms with Crippen molar-refractivity contribution in [2.45, 2.75) is 19.3 Å². The van der Waals surface area contributed by atoms with Crippen LogP contribution < -0.4 is 5.73 Å². The van der Waals surface area contributed by atoms with E-state index in [1.165, 1.54) is 4.88 Å². The van der Waals surface area contributed by atoms with Crippen LogP contribution in [-0.4, -0.2) is 11.5 Å². The van der Waals surface area contributed by atoms with Gasteiger partial charge < -0.3 is 10.2 Å². The van der Waals surface area contributed by atoms with Gasteiger partial charge in [-0.25, -0.2) is 4.98 Å². The van der Waals surface area contributed by atoms with Gasteiger partial charge in [0.25, 0.3) is 0 Å². The second kappa shape index (κ2) is 5.09. The molecule has 0 spiro atoms. The normalized spacial score (nSPS) is 10.7. The molecule has 3 nitrogen and oxygen atoms in total. The molecule has 80 valence electrons. The minimum Gasteiger partial charge on any atom is -0.469 e. The molecule has 4 heteroatoms. The average Bonchev–Trinajstić information content (AvgIpc) is 2.87. The third-order valence-electron chi connectivity index (χ3n) is 2.13. The van der Waals surface area contributed by atoms with Gasteiger partial charge in [0.05, 0.1) is 12.7 Å². The quantitative estimate of drug-likeness (QED) is 0.844. The monoisotopic (exact) mass is 222 g/mol. The van der Waals surface area contributed by atoms with Crippen LogP contribution >= 0.6 is 11.3 Å². The summed E-state index contributed by atoms with van der Waals surface area (Å²) in [6.07, 6.45) is 6.49. The van der Waals surface area contributed by atoms with Crippen LogP contribution in [0, 0.1) is 0 Å². The van der Waals surface area contributed by atoms with Gasteiger partial charge in [-0.3, -0.25) is 0 Å². The third-order valence-corrected chi connectivity index (χ3v) is 3.19. The van der Waals surface area contributed by atoms with Crippen LogP contribution in [0.1, 0.15) is 22.1 Å². The minimum absolute atomic E-state index is 0.741. The molecular formula is C11H14N2OS. The molecule has 0 radical (unpaired) electrons. The van der Waals surface area contributed by atoms with Crippen LogP contribution in [-0.2, 0) is 12.8 Å². The zero-order chi connectivity index (χ0) is 10.5. The second-order valence-corrected chi connectivity index (χ2v) is 4.57. The van der Waals surface area contributed by atoms with Gasteiger partial charge in [0.15, 0.2) is 0 Å². The topological polar surface area (TPSA) is 52.0 Å². The van der Waals surface area contributed by atoms with Crippen molar-refractivity contribution in [1.29, 1.82) is 0 Å². The summed E-state index contributed by atoms with van der Waals surface area (Å²) in [6, 6.07) is 3.87. The lowest BCUT2D eigenvalue weighted by molar-refractivity contribution is 0.520. The van der Waals surface area contributed by atoms with Crippen molar-refractivity contribution in [1.82, 2.24) is 4.98 Å². The van der Waals surface area contributed by atoms with Crippen LogP contribution in [0.15, 0.2) is 29.0 Å². The summed E-state index contributed by atoms with van der Waals surface area (Å²) in [4.78, 5) is 5.67. The lowest BCUT2D eigenvalue weighted by Gasteiger charge is -1.92. The maximum Gasteiger partial charge on any atom is 0.110 e. The maximum absolute atomic E-state index is 5.46. The summed E-state index contributed by atoms with van der Waals surface area (Å²) in [5.74, 6) is 0.967. The van der Waals surface area contributed by atoms with Gasteiger partial charge in [-0.2, -0.15) is 0 Å². The number of nitrogens with zero attached hydrogens (tertiary/aromatic N) is 1. The first-order chi connectivity index (χ1) is 7.38. The van der Waals surface area contributed by atoms with E-state index in [0.717, 1.165) is 36.6 Å². The van der Waals surface area contributed by atoms with Crippen LogP contribution in [0.5, 0.6) is 0 Å². The first-order valence-electron chi connectivity index (χ1n) is 5.04. The van der Waals surface area contributed by atoms with E-state index in [1.807, 2.05) is 18.3 Å². The van der Waals surface area contributed by atoms with E-state index >= 15 is 0 Å². The Kier molecular flexibility index (Phi) is 3.53. The van der Waals surface area contributed by atoms with E-state index in [-0.39, 0.29) is 0 Å². The van der Waals surface area contributed by atoms with Gasteiger partial charge in [-0.15, -0.1) is 11.3 Å². The van der Waals surface area contributed by atoms with E-state index in [1.54, 1.807) is 17.6 Å². The van der Waals surface area contributed by atoms with Crippen molar-refractivity contribution in [2.75, 3.05) is 6.54 Å². The molecular weight excluding hydrogens is 208 g/mol. The van der Waals surface area contributed by atoms with Crippen molar-refractivity contribution < 1.29 is 4.42 Å². The molecule has 0 saturated heterocycles. The number of hydrogen-bond donors (Lipinski definition) is 1. The SMILES string of the molecule is NCCCc1cnc(Cc2ccco2)s1. The summed E-state index contributed by atoms with van der Waals surface area (Å²) in [5.41, 5.74) is 5.46. The number of hydrogen-bond acceptors (Lipinski definition) is 4. The second-order valence-electron chi connectivity index (χ2n) is 3.37. The summed E-state index contributed by atoms with van der Waals surface area (Å²) < 4.78 is 5.27. The molecule has 0 amide bonds. The van der Waals surface area contributed by atoms with E-state index in [0.29, 0.717) is 0 Å². The molecule has 0 bridgehead atoms. The Labute approximate surface area is 92.9 Å². The molecule has 2 rings (SSSR count). The summed E-state index contributed by atoms with van der Waals surface area (Å²) in [5, 5.41) is 1.11. The third kappa shape index (κ3) is 2.91. The van der Waals surface area contributed by atoms with E-state index in [4.69, 9.17) is 10.2 Å². The molecule has 2 heterocycles. The number of thiazole rings is 1. The van der Waals surface area contributed by atoms with Gasteiger partial charge in [0, 0.05) is 11.1 Å². The number of rotatable bonds is 5. The number of nitrogens with two attached hydrogens (primary N) is 1. The Morgan fingerprint density at radius 2 is 2.40 bits per heavy atom. The molecule has 2 N–H and O–H groups in total. The van der Waals surface area contributed by atoms with Crippen molar-refractivity contribution >= 4 is 11.3 Å². The summed E-state index contributed by atoms with van der Waals surface area (Å²) in [7, 11) is 0. The largest absolute Gasteiger partial charge is 0.469 e. The lowest BCUT2D eigenvalue weighted by atomic mass is 10.3. The van der Waals surface area contributed by atoms with Crippen molar-refractivity contribution in [3.63, 3.8) is 0 Å². The highest BCUT2D eigenvalue weighted by Gasteiger charge is 2.04. The van der Waals surface area contributed by atoms with Crippen molar-refractivity contribution in [2.24, 2.45) is 5.73 Å². The van der Waals surface area contributed by atoms with Crippen LogP contribution in [0.3, 0.4) is 0 Å². The van der Waals surface area contributed by atoms with E-state index in [2.05, 4.69) is 4.98 Å². The fraction of sp³-hybridized carbons (Fsp3) is 0.364. The molecule has 0 aliphatic carbocycles. The highest BCUT2D eigenvalue weighted by molar-refractivity contribution is 7.11. The van der Waals surface area contributed by atoms with Crippen LogP contribution in [0.25, 0.3) is 0 Å². The minimum atomic E-state index is 0.741. The fourth-order valence-corrected chi connectivity index (χ4v) is 2.36. The van der Waals surface area contributed by atoms with E-state index < -0.39 is 0 Å². The van der Waals surface area contributed by atoms with E-state index in [9.17, 15) is 0 Å². The molecule has 2 aromatic heterocycles. The Balaban J connectivity index is 1.95.